The van der Waals surface area contributed by atoms with Crippen molar-refractivity contribution in [3.8, 4) is 0 Å². The summed E-state index contributed by atoms with van der Waals surface area (Å²) in [4.78, 5) is 10.3. The molecule has 0 fully saturated rings. The first kappa shape index (κ1) is 13.4. The molecular weight excluding hydrogens is 188 g/mol. The molecule has 84 valence electrons. The van der Waals surface area contributed by atoms with Crippen LogP contribution in [0.5, 0.6) is 0 Å². The Morgan fingerprint density at radius 1 is 1.29 bits per heavy atom. The highest BCUT2D eigenvalue weighted by molar-refractivity contribution is 5.71. The SMILES string of the molecule is COCCCOCCO[C@@H](C)C(=O)O. The van der Waals surface area contributed by atoms with Crippen LogP contribution in [0.2, 0.25) is 0 Å². The zero-order valence-electron chi connectivity index (χ0n) is 8.69. The van der Waals surface area contributed by atoms with Crippen LogP contribution in [0, 0.1) is 0 Å². The normalized spacial score (nSPS) is 12.7. The summed E-state index contributed by atoms with van der Waals surface area (Å²) >= 11 is 0. The minimum Gasteiger partial charge on any atom is -0.479 e. The van der Waals surface area contributed by atoms with Crippen molar-refractivity contribution in [2.24, 2.45) is 0 Å². The standard InChI is InChI=1S/C9H18O5/c1-8(9(10)11)14-7-6-13-5-3-4-12-2/h8H,3-7H2,1-2H3,(H,10,11)/t8-/m0/s1. The lowest BCUT2D eigenvalue weighted by Crippen LogP contribution is -2.22. The Labute approximate surface area is 84.0 Å². The Morgan fingerprint density at radius 3 is 2.57 bits per heavy atom. The van der Waals surface area contributed by atoms with Crippen LogP contribution in [0.1, 0.15) is 13.3 Å². The van der Waals surface area contributed by atoms with Crippen LogP contribution < -0.4 is 0 Å². The summed E-state index contributed by atoms with van der Waals surface area (Å²) in [5, 5.41) is 8.47. The van der Waals surface area contributed by atoms with Gasteiger partial charge in [-0.15, -0.1) is 0 Å². The second-order valence-corrected chi connectivity index (χ2v) is 2.81. The highest BCUT2D eigenvalue weighted by Gasteiger charge is 2.09. The van der Waals surface area contributed by atoms with Crippen LogP contribution >= 0.6 is 0 Å². The summed E-state index contributed by atoms with van der Waals surface area (Å²) in [6, 6.07) is 0. The van der Waals surface area contributed by atoms with Crippen molar-refractivity contribution in [1.82, 2.24) is 0 Å². The Balaban J connectivity index is 3.09. The van der Waals surface area contributed by atoms with Crippen molar-refractivity contribution < 1.29 is 24.1 Å². The van der Waals surface area contributed by atoms with Crippen LogP contribution in [0.25, 0.3) is 0 Å². The van der Waals surface area contributed by atoms with E-state index in [0.717, 1.165) is 6.42 Å². The van der Waals surface area contributed by atoms with E-state index in [1.807, 2.05) is 0 Å². The average Bonchev–Trinajstić information content (AvgIpc) is 2.16. The maximum Gasteiger partial charge on any atom is 0.332 e. The number of aliphatic carboxylic acids is 1. The molecule has 0 aromatic heterocycles. The largest absolute Gasteiger partial charge is 0.479 e. The van der Waals surface area contributed by atoms with Gasteiger partial charge in [-0.1, -0.05) is 0 Å². The van der Waals surface area contributed by atoms with Gasteiger partial charge in [0.2, 0.25) is 0 Å². The van der Waals surface area contributed by atoms with Crippen molar-refractivity contribution in [2.75, 3.05) is 33.5 Å². The number of hydrogen-bond acceptors (Lipinski definition) is 4. The predicted octanol–water partition coefficient (Wildman–Crippen LogP) is 0.529. The summed E-state index contributed by atoms with van der Waals surface area (Å²) in [5.41, 5.74) is 0. The average molecular weight is 206 g/mol. The summed E-state index contributed by atoms with van der Waals surface area (Å²) in [6.45, 7) is 3.50. The van der Waals surface area contributed by atoms with Gasteiger partial charge < -0.3 is 19.3 Å². The topological polar surface area (TPSA) is 65.0 Å². The molecule has 0 aromatic rings. The molecule has 0 aliphatic carbocycles. The molecule has 0 bridgehead atoms. The van der Waals surface area contributed by atoms with Gasteiger partial charge in [0.05, 0.1) is 13.2 Å². The molecule has 5 heteroatoms. The molecule has 14 heavy (non-hydrogen) atoms. The van der Waals surface area contributed by atoms with E-state index in [2.05, 4.69) is 0 Å². The molecule has 0 rings (SSSR count). The highest BCUT2D eigenvalue weighted by Crippen LogP contribution is 1.91. The Kier molecular flexibility index (Phi) is 8.51. The minimum absolute atomic E-state index is 0.306. The number of carbonyl (C=O) groups is 1. The van der Waals surface area contributed by atoms with E-state index in [0.29, 0.717) is 26.4 Å². The zero-order valence-corrected chi connectivity index (χ0v) is 8.69. The third-order valence-electron chi connectivity index (χ3n) is 1.58. The first-order valence-electron chi connectivity index (χ1n) is 4.59. The number of ether oxygens (including phenoxy) is 3. The van der Waals surface area contributed by atoms with Gasteiger partial charge in [0.1, 0.15) is 0 Å². The molecule has 0 aromatic carbocycles. The van der Waals surface area contributed by atoms with Gasteiger partial charge in [-0.2, -0.15) is 0 Å². The van der Waals surface area contributed by atoms with Gasteiger partial charge >= 0.3 is 5.97 Å². The Hall–Kier alpha value is -0.650. The van der Waals surface area contributed by atoms with Gasteiger partial charge in [0, 0.05) is 20.3 Å². The van der Waals surface area contributed by atoms with Gasteiger partial charge in [0.25, 0.3) is 0 Å². The molecule has 0 aliphatic heterocycles. The fraction of sp³-hybridized carbons (Fsp3) is 0.889. The molecule has 0 unspecified atom stereocenters. The van der Waals surface area contributed by atoms with E-state index < -0.39 is 12.1 Å². The maximum atomic E-state index is 10.3. The van der Waals surface area contributed by atoms with Gasteiger partial charge in [-0.3, -0.25) is 0 Å². The molecule has 0 aliphatic rings. The van der Waals surface area contributed by atoms with E-state index in [-0.39, 0.29) is 0 Å². The molecule has 1 N–H and O–H groups in total. The van der Waals surface area contributed by atoms with Crippen molar-refractivity contribution in [3.05, 3.63) is 0 Å². The smallest absolute Gasteiger partial charge is 0.332 e. The fourth-order valence-electron chi connectivity index (χ4n) is 0.762. The molecule has 0 spiro atoms. The molecule has 0 amide bonds. The van der Waals surface area contributed by atoms with Gasteiger partial charge in [-0.05, 0) is 13.3 Å². The van der Waals surface area contributed by atoms with E-state index in [1.54, 1.807) is 7.11 Å². The summed E-state index contributed by atoms with van der Waals surface area (Å²) in [7, 11) is 1.64. The maximum absolute atomic E-state index is 10.3. The number of methoxy groups -OCH3 is 1. The van der Waals surface area contributed by atoms with E-state index in [4.69, 9.17) is 19.3 Å². The van der Waals surface area contributed by atoms with E-state index in [9.17, 15) is 4.79 Å². The van der Waals surface area contributed by atoms with E-state index >= 15 is 0 Å². The minimum atomic E-state index is -0.954. The van der Waals surface area contributed by atoms with Crippen molar-refractivity contribution in [1.29, 1.82) is 0 Å². The third-order valence-corrected chi connectivity index (χ3v) is 1.58. The summed E-state index contributed by atoms with van der Waals surface area (Å²) in [6.07, 6.45) is 0.0721. The molecule has 0 radical (unpaired) electrons. The fourth-order valence-corrected chi connectivity index (χ4v) is 0.762. The lowest BCUT2D eigenvalue weighted by molar-refractivity contribution is -0.150. The molecule has 0 saturated heterocycles. The molecule has 1 atom stereocenters. The van der Waals surface area contributed by atoms with Gasteiger partial charge in [-0.25, -0.2) is 4.79 Å². The second-order valence-electron chi connectivity index (χ2n) is 2.81. The molecule has 5 nitrogen and oxygen atoms in total. The van der Waals surface area contributed by atoms with Crippen LogP contribution in [0.3, 0.4) is 0 Å². The number of carboxylic acids is 1. The first-order chi connectivity index (χ1) is 6.68. The number of hydrogen-bond donors (Lipinski definition) is 1. The van der Waals surface area contributed by atoms with Crippen molar-refractivity contribution >= 4 is 5.97 Å². The number of rotatable bonds is 9. The summed E-state index contributed by atoms with van der Waals surface area (Å²) in [5.74, 6) is -0.954. The monoisotopic (exact) mass is 206 g/mol. The van der Waals surface area contributed by atoms with Crippen molar-refractivity contribution in [2.45, 2.75) is 19.4 Å². The van der Waals surface area contributed by atoms with Crippen molar-refractivity contribution in [3.63, 3.8) is 0 Å². The van der Waals surface area contributed by atoms with Crippen LogP contribution in [-0.2, 0) is 19.0 Å². The first-order valence-corrected chi connectivity index (χ1v) is 4.59. The van der Waals surface area contributed by atoms with Crippen LogP contribution in [-0.4, -0.2) is 50.7 Å². The van der Waals surface area contributed by atoms with Crippen LogP contribution in [0.4, 0.5) is 0 Å². The number of carboxylic acid groups (broad SMARTS) is 1. The zero-order chi connectivity index (χ0) is 10.8. The quantitative estimate of drug-likeness (QED) is 0.557. The second kappa shape index (κ2) is 8.93. The lowest BCUT2D eigenvalue weighted by atomic mass is 10.4. The molecular formula is C9H18O5. The summed E-state index contributed by atoms with van der Waals surface area (Å²) < 4.78 is 15.0. The molecule has 0 heterocycles. The molecule has 0 saturated carbocycles. The highest BCUT2D eigenvalue weighted by atomic mass is 16.5. The van der Waals surface area contributed by atoms with Gasteiger partial charge in [0.15, 0.2) is 6.10 Å². The van der Waals surface area contributed by atoms with Crippen LogP contribution in [0.15, 0.2) is 0 Å². The lowest BCUT2D eigenvalue weighted by Gasteiger charge is -2.08. The third kappa shape index (κ3) is 7.97. The Bertz CT molecular complexity index is 148. The Morgan fingerprint density at radius 2 is 2.00 bits per heavy atom. The van der Waals surface area contributed by atoms with E-state index in [1.165, 1.54) is 6.92 Å². The predicted molar refractivity (Wildman–Crippen MR) is 50.4 cm³/mol.